The molecule has 2 aromatic rings. The second-order valence-electron chi connectivity index (χ2n) is 8.46. The Balaban J connectivity index is 1.73. The fraction of sp³-hybridized carbons (Fsp3) is 0.269. The van der Waals surface area contributed by atoms with Crippen molar-refractivity contribution in [3.63, 3.8) is 0 Å². The topological polar surface area (TPSA) is 200 Å². The summed E-state index contributed by atoms with van der Waals surface area (Å²) in [5.74, 6) is -4.59. The van der Waals surface area contributed by atoms with E-state index in [0.29, 0.717) is 5.56 Å². The summed E-state index contributed by atoms with van der Waals surface area (Å²) in [6.07, 6.45) is -1.63. The van der Waals surface area contributed by atoms with Gasteiger partial charge in [0.1, 0.15) is 12.2 Å². The molecule has 0 aliphatic heterocycles. The van der Waals surface area contributed by atoms with Crippen LogP contribution in [-0.2, 0) is 23.9 Å². The van der Waals surface area contributed by atoms with Crippen LogP contribution in [0, 0.1) is 0 Å². The van der Waals surface area contributed by atoms with Gasteiger partial charge in [-0.25, -0.2) is 14.4 Å². The number of hydrogen-bond acceptors (Lipinski definition) is 11. The number of aliphatic hydroxyl groups excluding tert-OH is 2. The number of carboxylic acids is 1. The van der Waals surface area contributed by atoms with Crippen molar-refractivity contribution in [2.24, 2.45) is 0 Å². The van der Waals surface area contributed by atoms with Gasteiger partial charge in [-0.15, -0.1) is 0 Å². The first-order valence-corrected chi connectivity index (χ1v) is 11.2. The SMILES string of the molecule is COc1cc(/C=C/C(=O)O[C@H]2C[C@](OC(=O)/C=C/c3ccc(O)c(O)c3)(C(=O)O)[C@@H](O)C[C@H]2O)ccc1O. The summed E-state index contributed by atoms with van der Waals surface area (Å²) in [7, 11) is 1.35. The first kappa shape index (κ1) is 28.0. The Morgan fingerprint density at radius 1 is 0.895 bits per heavy atom. The van der Waals surface area contributed by atoms with E-state index in [1.54, 1.807) is 0 Å². The Hall–Kier alpha value is -4.55. The molecule has 38 heavy (non-hydrogen) atoms. The maximum atomic E-state index is 12.4. The normalized spacial score (nSPS) is 23.3. The standard InChI is InChI=1S/C26H26O12/c1-36-20-11-15(3-7-17(20)28)4-8-23(32)37-21-13-26(25(34)35,22(31)12-19(21)30)38-24(33)9-5-14-2-6-16(27)18(29)10-14/h2-11,19,21-22,27-31H,12-13H2,1H3,(H,34,35)/b8-4+,9-5+/t19-,21+,22+,26-/m1/s1. The quantitative estimate of drug-likeness (QED) is 0.163. The minimum absolute atomic E-state index is 0.105. The molecule has 0 unspecified atom stereocenters. The fourth-order valence-corrected chi connectivity index (χ4v) is 3.82. The minimum atomic E-state index is -2.53. The van der Waals surface area contributed by atoms with Crippen molar-refractivity contribution >= 4 is 30.1 Å². The summed E-state index contributed by atoms with van der Waals surface area (Å²) >= 11 is 0. The van der Waals surface area contributed by atoms with E-state index in [9.17, 15) is 45.0 Å². The maximum absolute atomic E-state index is 12.4. The molecule has 1 fully saturated rings. The molecule has 0 amide bonds. The van der Waals surface area contributed by atoms with Gasteiger partial charge in [0.05, 0.1) is 13.2 Å². The van der Waals surface area contributed by atoms with E-state index in [0.717, 1.165) is 18.2 Å². The highest BCUT2D eigenvalue weighted by Crippen LogP contribution is 2.35. The number of aliphatic hydroxyl groups is 2. The lowest BCUT2D eigenvalue weighted by molar-refractivity contribution is -0.215. The number of esters is 2. The molecule has 4 atom stereocenters. The van der Waals surface area contributed by atoms with E-state index in [2.05, 4.69) is 0 Å². The third kappa shape index (κ3) is 6.41. The highest BCUT2D eigenvalue weighted by Gasteiger charge is 2.56. The van der Waals surface area contributed by atoms with Gasteiger partial charge in [0.25, 0.3) is 0 Å². The van der Waals surface area contributed by atoms with Crippen LogP contribution in [0.3, 0.4) is 0 Å². The van der Waals surface area contributed by atoms with Gasteiger partial charge in [0.15, 0.2) is 23.0 Å². The van der Waals surface area contributed by atoms with Crippen molar-refractivity contribution in [3.05, 3.63) is 59.7 Å². The molecule has 0 bridgehead atoms. The van der Waals surface area contributed by atoms with Gasteiger partial charge in [-0.2, -0.15) is 0 Å². The van der Waals surface area contributed by atoms with Crippen molar-refractivity contribution in [1.29, 1.82) is 0 Å². The van der Waals surface area contributed by atoms with Crippen LogP contribution < -0.4 is 4.74 Å². The average molecular weight is 530 g/mol. The summed E-state index contributed by atoms with van der Waals surface area (Å²) < 4.78 is 15.3. The second kappa shape index (κ2) is 11.7. The summed E-state index contributed by atoms with van der Waals surface area (Å²) in [6, 6.07) is 7.99. The number of phenolic OH excluding ortho intramolecular Hbond substituents is 3. The Morgan fingerprint density at radius 3 is 2.11 bits per heavy atom. The zero-order chi connectivity index (χ0) is 28.0. The van der Waals surface area contributed by atoms with Crippen molar-refractivity contribution < 1.29 is 59.2 Å². The lowest BCUT2D eigenvalue weighted by atomic mass is 9.78. The molecular formula is C26H26O12. The molecule has 0 spiro atoms. The number of hydrogen-bond donors (Lipinski definition) is 6. The lowest BCUT2D eigenvalue weighted by Gasteiger charge is -2.41. The summed E-state index contributed by atoms with van der Waals surface area (Å²) in [6.45, 7) is 0. The molecule has 0 aromatic heterocycles. The molecule has 0 saturated heterocycles. The summed E-state index contributed by atoms with van der Waals surface area (Å²) in [5.41, 5.74) is -1.78. The van der Waals surface area contributed by atoms with Crippen LogP contribution in [0.15, 0.2) is 48.6 Å². The molecule has 12 heteroatoms. The molecule has 6 N–H and O–H groups in total. The highest BCUT2D eigenvalue weighted by atomic mass is 16.6. The molecule has 0 heterocycles. The van der Waals surface area contributed by atoms with Gasteiger partial charge >= 0.3 is 17.9 Å². The monoisotopic (exact) mass is 530 g/mol. The van der Waals surface area contributed by atoms with Crippen molar-refractivity contribution in [1.82, 2.24) is 0 Å². The number of rotatable bonds is 8. The van der Waals surface area contributed by atoms with Gasteiger partial charge in [-0.1, -0.05) is 12.1 Å². The minimum Gasteiger partial charge on any atom is -0.504 e. The van der Waals surface area contributed by atoms with Gasteiger partial charge in [0, 0.05) is 25.0 Å². The largest absolute Gasteiger partial charge is 0.504 e. The Labute approximate surface area is 216 Å². The number of benzene rings is 2. The van der Waals surface area contributed by atoms with Crippen molar-refractivity contribution in [2.75, 3.05) is 7.11 Å². The predicted molar refractivity (Wildman–Crippen MR) is 130 cm³/mol. The number of carbonyl (C=O) groups excluding carboxylic acids is 2. The van der Waals surface area contributed by atoms with E-state index in [1.807, 2.05) is 0 Å². The molecule has 12 nitrogen and oxygen atoms in total. The van der Waals surface area contributed by atoms with E-state index < -0.39 is 60.4 Å². The second-order valence-corrected chi connectivity index (χ2v) is 8.46. The Kier molecular flexibility index (Phi) is 8.61. The third-order valence-electron chi connectivity index (χ3n) is 5.88. The molecule has 1 aliphatic carbocycles. The third-order valence-corrected chi connectivity index (χ3v) is 5.88. The predicted octanol–water partition coefficient (Wildman–Crippen LogP) is 1.33. The van der Waals surface area contributed by atoms with Gasteiger partial charge in [-0.05, 0) is 47.5 Å². The molecule has 1 saturated carbocycles. The average Bonchev–Trinajstić information content (AvgIpc) is 2.87. The number of methoxy groups -OCH3 is 1. The Morgan fingerprint density at radius 2 is 1.50 bits per heavy atom. The summed E-state index contributed by atoms with van der Waals surface area (Å²) in [5, 5.41) is 59.2. The van der Waals surface area contributed by atoms with Crippen molar-refractivity contribution in [2.45, 2.75) is 36.8 Å². The van der Waals surface area contributed by atoms with Crippen molar-refractivity contribution in [3.8, 4) is 23.0 Å². The van der Waals surface area contributed by atoms with Crippen LogP contribution in [0.2, 0.25) is 0 Å². The lowest BCUT2D eigenvalue weighted by Crippen LogP contribution is -2.61. The number of carbonyl (C=O) groups is 3. The number of phenols is 3. The first-order valence-electron chi connectivity index (χ1n) is 11.2. The Bertz CT molecular complexity index is 1270. The van der Waals surface area contributed by atoms with Crippen LogP contribution in [0.25, 0.3) is 12.2 Å². The highest BCUT2D eigenvalue weighted by molar-refractivity contribution is 5.91. The van der Waals surface area contributed by atoms with Crippen LogP contribution in [0.1, 0.15) is 24.0 Å². The van der Waals surface area contributed by atoms with Crippen LogP contribution in [-0.4, -0.2) is 79.6 Å². The zero-order valence-corrected chi connectivity index (χ0v) is 20.1. The van der Waals surface area contributed by atoms with Gasteiger partial charge in [-0.3, -0.25) is 0 Å². The van der Waals surface area contributed by atoms with Crippen LogP contribution in [0.4, 0.5) is 0 Å². The molecule has 1 aliphatic rings. The number of ether oxygens (including phenoxy) is 3. The van der Waals surface area contributed by atoms with E-state index in [-0.39, 0.29) is 22.8 Å². The van der Waals surface area contributed by atoms with Gasteiger partial charge in [0.2, 0.25) is 5.60 Å². The number of aromatic hydroxyl groups is 3. The van der Waals surface area contributed by atoms with Crippen LogP contribution >= 0.6 is 0 Å². The maximum Gasteiger partial charge on any atom is 0.351 e. The first-order chi connectivity index (χ1) is 17.9. The van der Waals surface area contributed by atoms with Gasteiger partial charge < -0.3 is 44.8 Å². The molecular weight excluding hydrogens is 504 g/mol. The van der Waals surface area contributed by atoms with Crippen LogP contribution in [0.5, 0.6) is 23.0 Å². The summed E-state index contributed by atoms with van der Waals surface area (Å²) in [4.78, 5) is 36.9. The molecule has 3 rings (SSSR count). The number of carboxylic acid groups (broad SMARTS) is 1. The molecule has 0 radical (unpaired) electrons. The smallest absolute Gasteiger partial charge is 0.351 e. The molecule has 2 aromatic carbocycles. The van der Waals surface area contributed by atoms with E-state index in [4.69, 9.17) is 14.2 Å². The van der Waals surface area contributed by atoms with E-state index in [1.165, 1.54) is 49.6 Å². The molecule has 202 valence electrons. The zero-order valence-electron chi connectivity index (χ0n) is 20.1. The number of aliphatic carboxylic acids is 1. The van der Waals surface area contributed by atoms with E-state index >= 15 is 0 Å². The fourth-order valence-electron chi connectivity index (χ4n) is 3.82.